The van der Waals surface area contributed by atoms with Crippen LogP contribution in [0.5, 0.6) is 0 Å². The highest BCUT2D eigenvalue weighted by atomic mass is 16.5. The van der Waals surface area contributed by atoms with Gasteiger partial charge in [-0.25, -0.2) is 4.79 Å². The average Bonchev–Trinajstić information content (AvgIpc) is 2.45. The number of carbonyl (C=O) groups excluding carboxylic acids is 2. The van der Waals surface area contributed by atoms with Gasteiger partial charge in [0.15, 0.2) is 0 Å². The zero-order chi connectivity index (χ0) is 16.3. The second kappa shape index (κ2) is 7.31. The first-order valence-corrected chi connectivity index (χ1v) is 8.36. The summed E-state index contributed by atoms with van der Waals surface area (Å²) in [6, 6.07) is 0.123. The molecule has 126 valence electrons. The van der Waals surface area contributed by atoms with E-state index in [4.69, 9.17) is 4.74 Å². The fourth-order valence-corrected chi connectivity index (χ4v) is 3.28. The van der Waals surface area contributed by atoms with E-state index in [1.165, 1.54) is 0 Å². The fourth-order valence-electron chi connectivity index (χ4n) is 3.28. The van der Waals surface area contributed by atoms with Gasteiger partial charge in [0.2, 0.25) is 5.91 Å². The predicted molar refractivity (Wildman–Crippen MR) is 84.6 cm³/mol. The van der Waals surface area contributed by atoms with Gasteiger partial charge in [-0.05, 0) is 40.5 Å². The van der Waals surface area contributed by atoms with E-state index in [0.717, 1.165) is 12.8 Å². The Bertz CT molecular complexity index is 395. The van der Waals surface area contributed by atoms with Crippen molar-refractivity contribution in [3.8, 4) is 0 Å². The Kier molecular flexibility index (Phi) is 5.67. The van der Waals surface area contributed by atoms with E-state index in [-0.39, 0.29) is 36.1 Å². The Morgan fingerprint density at radius 1 is 1.05 bits per heavy atom. The number of urea groups is 1. The van der Waals surface area contributed by atoms with E-state index in [1.54, 1.807) is 0 Å². The molecule has 2 atom stereocenters. The lowest BCUT2D eigenvalue weighted by Crippen LogP contribution is -2.52. The minimum absolute atomic E-state index is 0.0190. The molecule has 0 aromatic heterocycles. The number of amides is 3. The summed E-state index contributed by atoms with van der Waals surface area (Å²) in [7, 11) is 0. The molecule has 2 rings (SSSR count). The van der Waals surface area contributed by atoms with Gasteiger partial charge in [-0.1, -0.05) is 0 Å². The second-order valence-corrected chi connectivity index (χ2v) is 6.87. The van der Waals surface area contributed by atoms with Gasteiger partial charge in [0.25, 0.3) is 0 Å². The molecule has 3 amide bonds. The summed E-state index contributed by atoms with van der Waals surface area (Å²) in [5.74, 6) is 0.270. The van der Waals surface area contributed by atoms with Crippen LogP contribution in [0.2, 0.25) is 0 Å². The van der Waals surface area contributed by atoms with Crippen LogP contribution in [0.4, 0.5) is 4.79 Å². The van der Waals surface area contributed by atoms with Crippen molar-refractivity contribution >= 4 is 11.9 Å². The van der Waals surface area contributed by atoms with Crippen molar-refractivity contribution in [1.82, 2.24) is 15.1 Å². The number of likely N-dealkylation sites (tertiary alicyclic amines) is 1. The molecular formula is C16H29N3O3. The van der Waals surface area contributed by atoms with Crippen LogP contribution in [0.25, 0.3) is 0 Å². The Balaban J connectivity index is 1.83. The first kappa shape index (κ1) is 17.1. The van der Waals surface area contributed by atoms with E-state index < -0.39 is 0 Å². The summed E-state index contributed by atoms with van der Waals surface area (Å²) in [5.41, 5.74) is 0. The van der Waals surface area contributed by atoms with Gasteiger partial charge >= 0.3 is 6.03 Å². The van der Waals surface area contributed by atoms with Crippen LogP contribution in [0.15, 0.2) is 0 Å². The van der Waals surface area contributed by atoms with Crippen LogP contribution >= 0.6 is 0 Å². The van der Waals surface area contributed by atoms with Gasteiger partial charge in [-0.2, -0.15) is 0 Å². The third kappa shape index (κ3) is 4.35. The number of rotatable bonds is 2. The molecule has 6 heteroatoms. The molecule has 0 aromatic carbocycles. The van der Waals surface area contributed by atoms with Crippen LogP contribution in [-0.4, -0.2) is 66.2 Å². The molecule has 2 fully saturated rings. The highest BCUT2D eigenvalue weighted by Gasteiger charge is 2.33. The maximum atomic E-state index is 12.6. The molecular weight excluding hydrogens is 282 g/mol. The maximum Gasteiger partial charge on any atom is 0.317 e. The molecule has 2 heterocycles. The first-order valence-electron chi connectivity index (χ1n) is 8.36. The summed E-state index contributed by atoms with van der Waals surface area (Å²) in [4.78, 5) is 28.4. The van der Waals surface area contributed by atoms with Crippen molar-refractivity contribution in [2.24, 2.45) is 5.92 Å². The summed E-state index contributed by atoms with van der Waals surface area (Å²) in [5, 5.41) is 2.91. The topological polar surface area (TPSA) is 61.9 Å². The Hall–Kier alpha value is -1.30. The highest BCUT2D eigenvalue weighted by Crippen LogP contribution is 2.22. The molecule has 0 aromatic rings. The third-order valence-electron chi connectivity index (χ3n) is 4.27. The lowest BCUT2D eigenvalue weighted by atomic mass is 9.95. The Morgan fingerprint density at radius 2 is 1.59 bits per heavy atom. The van der Waals surface area contributed by atoms with Gasteiger partial charge in [0.05, 0.1) is 12.2 Å². The van der Waals surface area contributed by atoms with Crippen LogP contribution in [-0.2, 0) is 9.53 Å². The normalized spacial score (nSPS) is 27.1. The SMILES string of the molecule is CC(C)NC(=O)N1CCC(C(=O)N2C[C@@H](C)O[C@H](C)C2)CC1. The monoisotopic (exact) mass is 311 g/mol. The largest absolute Gasteiger partial charge is 0.372 e. The molecule has 0 spiro atoms. The molecule has 0 saturated carbocycles. The van der Waals surface area contributed by atoms with E-state index in [2.05, 4.69) is 5.32 Å². The van der Waals surface area contributed by atoms with E-state index in [9.17, 15) is 9.59 Å². The van der Waals surface area contributed by atoms with Crippen molar-refractivity contribution in [3.05, 3.63) is 0 Å². The number of ether oxygens (including phenoxy) is 1. The highest BCUT2D eigenvalue weighted by molar-refractivity contribution is 5.80. The van der Waals surface area contributed by atoms with Gasteiger partial charge in [-0.15, -0.1) is 0 Å². The van der Waals surface area contributed by atoms with Crippen LogP contribution in [0, 0.1) is 5.92 Å². The van der Waals surface area contributed by atoms with Gasteiger partial charge < -0.3 is 19.9 Å². The molecule has 0 aliphatic carbocycles. The van der Waals surface area contributed by atoms with Crippen LogP contribution in [0.1, 0.15) is 40.5 Å². The lowest BCUT2D eigenvalue weighted by Gasteiger charge is -2.39. The van der Waals surface area contributed by atoms with E-state index in [0.29, 0.717) is 26.2 Å². The first-order chi connectivity index (χ1) is 10.4. The van der Waals surface area contributed by atoms with Crippen molar-refractivity contribution in [2.45, 2.75) is 58.8 Å². The minimum Gasteiger partial charge on any atom is -0.372 e. The number of hydrogen-bond acceptors (Lipinski definition) is 3. The van der Waals surface area contributed by atoms with E-state index in [1.807, 2.05) is 37.5 Å². The van der Waals surface area contributed by atoms with Crippen molar-refractivity contribution in [3.63, 3.8) is 0 Å². The molecule has 22 heavy (non-hydrogen) atoms. The van der Waals surface area contributed by atoms with Gasteiger partial charge in [0, 0.05) is 38.1 Å². The second-order valence-electron chi connectivity index (χ2n) is 6.87. The lowest BCUT2D eigenvalue weighted by molar-refractivity contribution is -0.148. The van der Waals surface area contributed by atoms with Crippen molar-refractivity contribution in [1.29, 1.82) is 0 Å². The standard InChI is InChI=1S/C16H29N3O3/c1-11(2)17-16(21)18-7-5-14(6-8-18)15(20)19-9-12(3)22-13(4)10-19/h11-14H,5-10H2,1-4H3,(H,17,21)/t12-,13-/m1/s1. The number of carbonyl (C=O) groups is 2. The number of nitrogens with one attached hydrogen (secondary N) is 1. The molecule has 6 nitrogen and oxygen atoms in total. The van der Waals surface area contributed by atoms with Gasteiger partial charge in [-0.3, -0.25) is 4.79 Å². The molecule has 2 aliphatic rings. The number of nitrogens with zero attached hydrogens (tertiary/aromatic N) is 2. The summed E-state index contributed by atoms with van der Waals surface area (Å²) in [6.45, 7) is 10.6. The molecule has 2 aliphatic heterocycles. The third-order valence-corrected chi connectivity index (χ3v) is 4.27. The van der Waals surface area contributed by atoms with Gasteiger partial charge in [0.1, 0.15) is 0 Å². The van der Waals surface area contributed by atoms with Crippen LogP contribution < -0.4 is 5.32 Å². The fraction of sp³-hybridized carbons (Fsp3) is 0.875. The van der Waals surface area contributed by atoms with E-state index >= 15 is 0 Å². The summed E-state index contributed by atoms with van der Waals surface area (Å²) in [6.07, 6.45) is 1.71. The molecule has 0 radical (unpaired) electrons. The number of hydrogen-bond donors (Lipinski definition) is 1. The average molecular weight is 311 g/mol. The quantitative estimate of drug-likeness (QED) is 0.839. The Morgan fingerprint density at radius 3 is 2.09 bits per heavy atom. The summed E-state index contributed by atoms with van der Waals surface area (Å²) < 4.78 is 5.68. The van der Waals surface area contributed by atoms with Crippen molar-refractivity contribution in [2.75, 3.05) is 26.2 Å². The number of morpholine rings is 1. The molecule has 2 saturated heterocycles. The summed E-state index contributed by atoms with van der Waals surface area (Å²) >= 11 is 0. The van der Waals surface area contributed by atoms with Crippen LogP contribution in [0.3, 0.4) is 0 Å². The van der Waals surface area contributed by atoms with Crippen molar-refractivity contribution < 1.29 is 14.3 Å². The zero-order valence-corrected chi connectivity index (χ0v) is 14.2. The smallest absolute Gasteiger partial charge is 0.317 e. The minimum atomic E-state index is -0.0190. The molecule has 0 unspecified atom stereocenters. The molecule has 1 N–H and O–H groups in total. The predicted octanol–water partition coefficient (Wildman–Crippen LogP) is 1.45. The maximum absolute atomic E-state index is 12.6. The zero-order valence-electron chi connectivity index (χ0n) is 14.2. The number of piperidine rings is 1. The molecule has 0 bridgehead atoms. The Labute approximate surface area is 133 Å².